The fraction of sp³-hybridized carbons (Fsp3) is 0.143. The summed E-state index contributed by atoms with van der Waals surface area (Å²) >= 11 is 0. The molecule has 6 heteroatoms. The van der Waals surface area contributed by atoms with Gasteiger partial charge in [-0.15, -0.1) is 0 Å². The number of hydrogen-bond acceptors (Lipinski definition) is 4. The predicted molar refractivity (Wildman–Crippen MR) is 74.9 cm³/mol. The second-order valence-corrected chi connectivity index (χ2v) is 8.80. The number of hydrogen-bond donors (Lipinski definition) is 0. The van der Waals surface area contributed by atoms with E-state index in [1.807, 2.05) is 0 Å². The molecule has 2 aromatic carbocycles. The molecule has 1 heterocycles. The summed E-state index contributed by atoms with van der Waals surface area (Å²) in [6.07, 6.45) is 0. The van der Waals surface area contributed by atoms with E-state index >= 15 is 0 Å². The van der Waals surface area contributed by atoms with Gasteiger partial charge < -0.3 is 0 Å². The Morgan fingerprint density at radius 1 is 0.900 bits per heavy atom. The summed E-state index contributed by atoms with van der Waals surface area (Å²) in [4.78, 5) is 0.279. The molecule has 4 nitrogen and oxygen atoms in total. The first-order valence-electron chi connectivity index (χ1n) is 6.03. The monoisotopic (exact) mass is 308 g/mol. The van der Waals surface area contributed by atoms with E-state index < -0.39 is 24.9 Å². The number of sulfone groups is 2. The molecule has 1 aliphatic rings. The van der Waals surface area contributed by atoms with Crippen LogP contribution in [0.2, 0.25) is 0 Å². The van der Waals surface area contributed by atoms with Crippen LogP contribution in [0.25, 0.3) is 0 Å². The van der Waals surface area contributed by atoms with Crippen molar-refractivity contribution in [2.45, 2.75) is 15.0 Å². The van der Waals surface area contributed by atoms with Gasteiger partial charge in [-0.1, -0.05) is 36.4 Å². The lowest BCUT2D eigenvalue weighted by molar-refractivity contribution is 0.582. The lowest BCUT2D eigenvalue weighted by Crippen LogP contribution is -2.15. The molecule has 0 aromatic heterocycles. The van der Waals surface area contributed by atoms with Crippen molar-refractivity contribution >= 4 is 19.7 Å². The summed E-state index contributed by atoms with van der Waals surface area (Å²) in [5.41, 5.74) is 0.372. The summed E-state index contributed by atoms with van der Waals surface area (Å²) in [6.45, 7) is 0. The van der Waals surface area contributed by atoms with Gasteiger partial charge in [0.1, 0.15) is 5.25 Å². The molecular weight excluding hydrogens is 296 g/mol. The Morgan fingerprint density at radius 2 is 1.50 bits per heavy atom. The zero-order valence-corrected chi connectivity index (χ0v) is 12.1. The molecule has 0 unspecified atom stereocenters. The largest absolute Gasteiger partial charge is 0.224 e. The molecule has 0 fully saturated rings. The van der Waals surface area contributed by atoms with Gasteiger partial charge in [-0.3, -0.25) is 0 Å². The van der Waals surface area contributed by atoms with Crippen molar-refractivity contribution in [1.82, 2.24) is 0 Å². The molecule has 20 heavy (non-hydrogen) atoms. The maximum atomic E-state index is 12.6. The maximum Gasteiger partial charge on any atom is 0.186 e. The number of fused-ring (bicyclic) bond motifs is 1. The zero-order chi connectivity index (χ0) is 14.4. The van der Waals surface area contributed by atoms with Crippen LogP contribution < -0.4 is 0 Å². The van der Waals surface area contributed by atoms with Gasteiger partial charge in [-0.25, -0.2) is 16.8 Å². The molecule has 0 spiro atoms. The first-order valence-corrected chi connectivity index (χ1v) is 9.23. The van der Waals surface area contributed by atoms with Crippen LogP contribution in [0.1, 0.15) is 10.8 Å². The Kier molecular flexibility index (Phi) is 2.95. The van der Waals surface area contributed by atoms with E-state index in [4.69, 9.17) is 0 Å². The average molecular weight is 308 g/mol. The van der Waals surface area contributed by atoms with Crippen molar-refractivity contribution < 1.29 is 16.8 Å². The van der Waals surface area contributed by atoms with Crippen molar-refractivity contribution in [2.75, 3.05) is 5.75 Å². The van der Waals surface area contributed by atoms with Crippen LogP contribution in [-0.4, -0.2) is 22.6 Å². The minimum atomic E-state index is -3.70. The Bertz CT molecular complexity index is 853. The van der Waals surface area contributed by atoms with Gasteiger partial charge in [0.2, 0.25) is 0 Å². The van der Waals surface area contributed by atoms with Gasteiger partial charge in [-0.2, -0.15) is 0 Å². The molecule has 3 rings (SSSR count). The third-order valence-corrected chi connectivity index (χ3v) is 7.54. The third kappa shape index (κ3) is 1.96. The van der Waals surface area contributed by atoms with Crippen LogP contribution in [0, 0.1) is 0 Å². The first-order chi connectivity index (χ1) is 9.43. The van der Waals surface area contributed by atoms with Crippen LogP contribution >= 0.6 is 0 Å². The van der Waals surface area contributed by atoms with E-state index in [1.165, 1.54) is 18.2 Å². The molecule has 0 N–H and O–H groups in total. The highest BCUT2D eigenvalue weighted by Gasteiger charge is 2.42. The quantitative estimate of drug-likeness (QED) is 0.851. The van der Waals surface area contributed by atoms with Crippen LogP contribution in [0.5, 0.6) is 0 Å². The molecule has 0 saturated carbocycles. The van der Waals surface area contributed by atoms with E-state index in [2.05, 4.69) is 0 Å². The van der Waals surface area contributed by atoms with Crippen molar-refractivity contribution in [3.8, 4) is 0 Å². The summed E-state index contributed by atoms with van der Waals surface area (Å²) < 4.78 is 49.4. The molecule has 1 atom stereocenters. The van der Waals surface area contributed by atoms with Crippen molar-refractivity contribution in [3.05, 3.63) is 60.2 Å². The maximum absolute atomic E-state index is 12.6. The van der Waals surface area contributed by atoms with Gasteiger partial charge in [-0.05, 0) is 23.8 Å². The highest BCUT2D eigenvalue weighted by Crippen LogP contribution is 2.40. The molecular formula is C14H12O4S2. The number of rotatable bonds is 2. The second kappa shape index (κ2) is 4.43. The molecule has 0 bridgehead atoms. The molecule has 1 aliphatic heterocycles. The van der Waals surface area contributed by atoms with Crippen molar-refractivity contribution in [3.63, 3.8) is 0 Å². The number of benzene rings is 2. The summed E-state index contributed by atoms with van der Waals surface area (Å²) in [7, 11) is -7.23. The Morgan fingerprint density at radius 3 is 2.20 bits per heavy atom. The minimum absolute atomic E-state index is 0.129. The minimum Gasteiger partial charge on any atom is -0.224 e. The van der Waals surface area contributed by atoms with Gasteiger partial charge >= 0.3 is 0 Å². The SMILES string of the molecule is O=S1(=O)C[C@@H](S(=O)(=O)c2ccccc2)c2ccccc21. The van der Waals surface area contributed by atoms with E-state index in [0.29, 0.717) is 5.56 Å². The normalized spacial score (nSPS) is 20.5. The zero-order valence-electron chi connectivity index (χ0n) is 10.4. The smallest absolute Gasteiger partial charge is 0.186 e. The predicted octanol–water partition coefficient (Wildman–Crippen LogP) is 1.99. The summed E-state index contributed by atoms with van der Waals surface area (Å²) in [5.74, 6) is -0.385. The molecule has 0 saturated heterocycles. The Labute approximate surface area is 117 Å². The van der Waals surface area contributed by atoms with Crippen LogP contribution in [-0.2, 0) is 19.7 Å². The van der Waals surface area contributed by atoms with E-state index in [0.717, 1.165) is 0 Å². The molecule has 2 aromatic rings. The van der Waals surface area contributed by atoms with E-state index in [-0.39, 0.29) is 15.5 Å². The average Bonchev–Trinajstić information content (AvgIpc) is 2.73. The Hall–Kier alpha value is -1.66. The van der Waals surface area contributed by atoms with Crippen molar-refractivity contribution in [2.24, 2.45) is 0 Å². The van der Waals surface area contributed by atoms with Gasteiger partial charge in [0.05, 0.1) is 15.5 Å². The highest BCUT2D eigenvalue weighted by atomic mass is 32.2. The third-order valence-electron chi connectivity index (χ3n) is 3.42. The lowest BCUT2D eigenvalue weighted by atomic mass is 10.2. The van der Waals surface area contributed by atoms with E-state index in [9.17, 15) is 16.8 Å². The molecule has 0 radical (unpaired) electrons. The summed E-state index contributed by atoms with van der Waals surface area (Å²) in [5, 5.41) is -1.02. The van der Waals surface area contributed by atoms with Gasteiger partial charge in [0, 0.05) is 0 Å². The highest BCUT2D eigenvalue weighted by molar-refractivity contribution is 7.96. The fourth-order valence-electron chi connectivity index (χ4n) is 2.44. The topological polar surface area (TPSA) is 68.3 Å². The molecule has 0 amide bonds. The van der Waals surface area contributed by atoms with Crippen LogP contribution in [0.3, 0.4) is 0 Å². The summed E-state index contributed by atoms with van der Waals surface area (Å²) in [6, 6.07) is 14.3. The lowest BCUT2D eigenvalue weighted by Gasteiger charge is -2.11. The standard InChI is InChI=1S/C14H12O4S2/c15-19(16)10-14(12-8-4-5-9-13(12)19)20(17,18)11-6-2-1-3-7-11/h1-9,14H,10H2/t14-/m1/s1. The second-order valence-electron chi connectivity index (χ2n) is 4.67. The first kappa shape index (κ1) is 13.3. The fourth-order valence-corrected chi connectivity index (χ4v) is 6.79. The van der Waals surface area contributed by atoms with Gasteiger partial charge in [0.25, 0.3) is 0 Å². The molecule has 0 aliphatic carbocycles. The Balaban J connectivity index is 2.19. The molecule has 104 valence electrons. The van der Waals surface area contributed by atoms with E-state index in [1.54, 1.807) is 36.4 Å². The van der Waals surface area contributed by atoms with Crippen LogP contribution in [0.15, 0.2) is 64.4 Å². The van der Waals surface area contributed by atoms with Crippen molar-refractivity contribution in [1.29, 1.82) is 0 Å². The van der Waals surface area contributed by atoms with Crippen LogP contribution in [0.4, 0.5) is 0 Å². The van der Waals surface area contributed by atoms with Gasteiger partial charge in [0.15, 0.2) is 19.7 Å².